The lowest BCUT2D eigenvalue weighted by atomic mass is 10.2. The van der Waals surface area contributed by atoms with Crippen molar-refractivity contribution in [3.63, 3.8) is 0 Å². The third-order valence-corrected chi connectivity index (χ3v) is 4.05. The van der Waals surface area contributed by atoms with Gasteiger partial charge in [-0.25, -0.2) is 0 Å². The molecule has 1 atom stereocenters. The monoisotopic (exact) mass is 347 g/mol. The third kappa shape index (κ3) is 5.55. The average molecular weight is 347 g/mol. The van der Waals surface area contributed by atoms with E-state index in [9.17, 15) is 0 Å². The summed E-state index contributed by atoms with van der Waals surface area (Å²) in [5.41, 5.74) is 3.45. The van der Waals surface area contributed by atoms with E-state index in [-0.39, 0.29) is 6.10 Å². The van der Waals surface area contributed by atoms with Crippen LogP contribution in [0.2, 0.25) is 0 Å². The normalized spacial score (nSPS) is 11.6. The molecule has 3 aromatic rings. The molecule has 0 fully saturated rings. The van der Waals surface area contributed by atoms with Crippen LogP contribution >= 0.6 is 0 Å². The summed E-state index contributed by atoms with van der Waals surface area (Å²) in [4.78, 5) is 0. The molecule has 0 aromatic heterocycles. The van der Waals surface area contributed by atoms with Gasteiger partial charge in [0, 0.05) is 5.69 Å². The molecule has 26 heavy (non-hydrogen) atoms. The van der Waals surface area contributed by atoms with Crippen molar-refractivity contribution >= 4 is 5.69 Å². The summed E-state index contributed by atoms with van der Waals surface area (Å²) in [6, 6.07) is 26.3. The minimum absolute atomic E-state index is 0.0757. The SMILES string of the molecule is Cc1ccc(OC(C)CNc2ccc(OCc3ccccc3)cc2)cc1. The Balaban J connectivity index is 1.44. The summed E-state index contributed by atoms with van der Waals surface area (Å²) in [7, 11) is 0. The lowest BCUT2D eigenvalue weighted by Crippen LogP contribution is -2.22. The van der Waals surface area contributed by atoms with Crippen LogP contribution in [-0.4, -0.2) is 12.6 Å². The molecule has 1 unspecified atom stereocenters. The molecule has 1 N–H and O–H groups in total. The zero-order valence-corrected chi connectivity index (χ0v) is 15.3. The first-order chi connectivity index (χ1) is 12.7. The highest BCUT2D eigenvalue weighted by molar-refractivity contribution is 5.46. The first-order valence-electron chi connectivity index (χ1n) is 8.93. The summed E-state index contributed by atoms with van der Waals surface area (Å²) < 4.78 is 11.7. The van der Waals surface area contributed by atoms with Crippen molar-refractivity contribution in [3.05, 3.63) is 90.0 Å². The topological polar surface area (TPSA) is 30.5 Å². The van der Waals surface area contributed by atoms with Crippen molar-refractivity contribution in [3.8, 4) is 11.5 Å². The van der Waals surface area contributed by atoms with Crippen molar-refractivity contribution < 1.29 is 9.47 Å². The molecular weight excluding hydrogens is 322 g/mol. The maximum absolute atomic E-state index is 5.92. The summed E-state index contributed by atoms with van der Waals surface area (Å²) in [5, 5.41) is 3.40. The minimum Gasteiger partial charge on any atom is -0.489 e. The molecule has 0 radical (unpaired) electrons. The molecule has 0 saturated heterocycles. The largest absolute Gasteiger partial charge is 0.489 e. The van der Waals surface area contributed by atoms with Gasteiger partial charge in [0.2, 0.25) is 0 Å². The number of hydrogen-bond donors (Lipinski definition) is 1. The Morgan fingerprint density at radius 3 is 2.15 bits per heavy atom. The van der Waals surface area contributed by atoms with E-state index in [2.05, 4.69) is 43.4 Å². The Hall–Kier alpha value is -2.94. The van der Waals surface area contributed by atoms with Crippen LogP contribution in [0.25, 0.3) is 0 Å². The maximum atomic E-state index is 5.92. The number of anilines is 1. The number of hydrogen-bond acceptors (Lipinski definition) is 3. The number of aryl methyl sites for hydroxylation is 1. The standard InChI is InChI=1S/C23H25NO2/c1-18-8-12-23(13-9-18)26-19(2)16-24-21-10-14-22(15-11-21)25-17-20-6-4-3-5-7-20/h3-15,19,24H,16-17H2,1-2H3. The van der Waals surface area contributed by atoms with E-state index in [1.54, 1.807) is 0 Å². The Morgan fingerprint density at radius 2 is 1.46 bits per heavy atom. The molecule has 3 heteroatoms. The van der Waals surface area contributed by atoms with Gasteiger partial charge in [-0.15, -0.1) is 0 Å². The van der Waals surface area contributed by atoms with Crippen LogP contribution in [0.4, 0.5) is 5.69 Å². The van der Waals surface area contributed by atoms with Crippen molar-refractivity contribution in [1.82, 2.24) is 0 Å². The fourth-order valence-electron chi connectivity index (χ4n) is 2.56. The van der Waals surface area contributed by atoms with Gasteiger partial charge in [0.1, 0.15) is 24.2 Å². The first kappa shape index (κ1) is 17.9. The van der Waals surface area contributed by atoms with Crippen molar-refractivity contribution in [2.45, 2.75) is 26.6 Å². The van der Waals surface area contributed by atoms with Crippen LogP contribution in [-0.2, 0) is 6.61 Å². The average Bonchev–Trinajstić information content (AvgIpc) is 2.68. The van der Waals surface area contributed by atoms with E-state index in [0.29, 0.717) is 6.61 Å². The second kappa shape index (κ2) is 8.95. The molecule has 0 aliphatic heterocycles. The van der Waals surface area contributed by atoms with Gasteiger partial charge in [-0.1, -0.05) is 48.0 Å². The van der Waals surface area contributed by atoms with Gasteiger partial charge in [0.05, 0.1) is 6.54 Å². The predicted octanol–water partition coefficient (Wildman–Crippen LogP) is 5.45. The summed E-state index contributed by atoms with van der Waals surface area (Å²) in [5.74, 6) is 1.76. The molecule has 0 saturated carbocycles. The van der Waals surface area contributed by atoms with Gasteiger partial charge in [-0.3, -0.25) is 0 Å². The molecule has 3 nitrogen and oxygen atoms in total. The number of ether oxygens (including phenoxy) is 2. The van der Waals surface area contributed by atoms with E-state index in [4.69, 9.17) is 9.47 Å². The highest BCUT2D eigenvalue weighted by Gasteiger charge is 2.04. The van der Waals surface area contributed by atoms with Crippen LogP contribution in [0.1, 0.15) is 18.1 Å². The number of nitrogens with one attached hydrogen (secondary N) is 1. The first-order valence-corrected chi connectivity index (χ1v) is 8.93. The molecule has 134 valence electrons. The smallest absolute Gasteiger partial charge is 0.119 e. The van der Waals surface area contributed by atoms with Gasteiger partial charge < -0.3 is 14.8 Å². The lowest BCUT2D eigenvalue weighted by Gasteiger charge is -2.16. The van der Waals surface area contributed by atoms with Crippen molar-refractivity contribution in [2.24, 2.45) is 0 Å². The number of rotatable bonds is 8. The summed E-state index contributed by atoms with van der Waals surface area (Å²) in [6.45, 7) is 5.44. The predicted molar refractivity (Wildman–Crippen MR) is 107 cm³/mol. The van der Waals surface area contributed by atoms with E-state index in [0.717, 1.165) is 29.3 Å². The Morgan fingerprint density at radius 1 is 0.808 bits per heavy atom. The lowest BCUT2D eigenvalue weighted by molar-refractivity contribution is 0.234. The second-order valence-corrected chi connectivity index (χ2v) is 6.42. The Labute approximate surface area is 155 Å². The molecule has 3 rings (SSSR count). The Bertz CT molecular complexity index is 783. The van der Waals surface area contributed by atoms with Gasteiger partial charge in [-0.05, 0) is 55.8 Å². The fourth-order valence-corrected chi connectivity index (χ4v) is 2.56. The molecule has 0 spiro atoms. The van der Waals surface area contributed by atoms with E-state index >= 15 is 0 Å². The molecule has 3 aromatic carbocycles. The van der Waals surface area contributed by atoms with E-state index in [1.165, 1.54) is 5.56 Å². The van der Waals surface area contributed by atoms with Crippen molar-refractivity contribution in [2.75, 3.05) is 11.9 Å². The molecule has 0 bridgehead atoms. The van der Waals surface area contributed by atoms with Crippen LogP contribution in [0.3, 0.4) is 0 Å². The molecule has 0 heterocycles. The van der Waals surface area contributed by atoms with Crippen LogP contribution in [0.15, 0.2) is 78.9 Å². The zero-order chi connectivity index (χ0) is 18.2. The summed E-state index contributed by atoms with van der Waals surface area (Å²) >= 11 is 0. The van der Waals surface area contributed by atoms with Gasteiger partial charge >= 0.3 is 0 Å². The van der Waals surface area contributed by atoms with Crippen molar-refractivity contribution in [1.29, 1.82) is 0 Å². The van der Waals surface area contributed by atoms with E-state index in [1.807, 2.05) is 54.6 Å². The van der Waals surface area contributed by atoms with Crippen LogP contribution < -0.4 is 14.8 Å². The quantitative estimate of drug-likeness (QED) is 0.587. The van der Waals surface area contributed by atoms with Gasteiger partial charge in [-0.2, -0.15) is 0 Å². The van der Waals surface area contributed by atoms with Gasteiger partial charge in [0.25, 0.3) is 0 Å². The Kier molecular flexibility index (Phi) is 6.15. The zero-order valence-electron chi connectivity index (χ0n) is 15.3. The fraction of sp³-hybridized carbons (Fsp3) is 0.217. The highest BCUT2D eigenvalue weighted by Crippen LogP contribution is 2.18. The second-order valence-electron chi connectivity index (χ2n) is 6.42. The number of benzene rings is 3. The minimum atomic E-state index is 0.0757. The highest BCUT2D eigenvalue weighted by atomic mass is 16.5. The third-order valence-electron chi connectivity index (χ3n) is 4.05. The van der Waals surface area contributed by atoms with Crippen LogP contribution in [0, 0.1) is 6.92 Å². The summed E-state index contributed by atoms with van der Waals surface area (Å²) in [6.07, 6.45) is 0.0757. The molecule has 0 aliphatic rings. The molecular formula is C23H25NO2. The molecule has 0 aliphatic carbocycles. The van der Waals surface area contributed by atoms with E-state index < -0.39 is 0 Å². The van der Waals surface area contributed by atoms with Gasteiger partial charge in [0.15, 0.2) is 0 Å². The maximum Gasteiger partial charge on any atom is 0.119 e. The molecule has 0 amide bonds. The van der Waals surface area contributed by atoms with Crippen LogP contribution in [0.5, 0.6) is 11.5 Å².